The van der Waals surface area contributed by atoms with E-state index in [0.717, 1.165) is 11.1 Å². The Bertz CT molecular complexity index is 964. The number of halogens is 1. The van der Waals surface area contributed by atoms with E-state index in [1.165, 1.54) is 6.07 Å². The SMILES string of the molecule is CC1=C(C(=O)OC(C)C)[C@H](c2ccccc2F)CC(=O)N1Cc1cccc(C)c1. The lowest BCUT2D eigenvalue weighted by Gasteiger charge is -2.35. The van der Waals surface area contributed by atoms with E-state index in [9.17, 15) is 14.0 Å². The average molecular weight is 395 g/mol. The first-order valence-electron chi connectivity index (χ1n) is 9.80. The van der Waals surface area contributed by atoms with E-state index in [1.807, 2.05) is 31.2 Å². The Morgan fingerprint density at radius 2 is 1.90 bits per heavy atom. The summed E-state index contributed by atoms with van der Waals surface area (Å²) in [5.74, 6) is -1.74. The van der Waals surface area contributed by atoms with E-state index in [0.29, 0.717) is 23.4 Å². The number of amides is 1. The van der Waals surface area contributed by atoms with Gasteiger partial charge in [0.05, 0.1) is 18.2 Å². The number of hydrogen-bond donors (Lipinski definition) is 0. The Labute approximate surface area is 171 Å². The Morgan fingerprint density at radius 3 is 2.55 bits per heavy atom. The zero-order valence-electron chi connectivity index (χ0n) is 17.2. The fourth-order valence-corrected chi connectivity index (χ4v) is 3.76. The number of nitrogens with zero attached hydrogens (tertiary/aromatic N) is 1. The predicted molar refractivity (Wildman–Crippen MR) is 109 cm³/mol. The van der Waals surface area contributed by atoms with Gasteiger partial charge in [0.2, 0.25) is 5.91 Å². The van der Waals surface area contributed by atoms with Gasteiger partial charge in [-0.05, 0) is 44.9 Å². The molecule has 0 N–H and O–H groups in total. The number of ether oxygens (including phenoxy) is 1. The van der Waals surface area contributed by atoms with Crippen LogP contribution in [0.25, 0.3) is 0 Å². The monoisotopic (exact) mass is 395 g/mol. The van der Waals surface area contributed by atoms with Gasteiger partial charge in [-0.3, -0.25) is 4.79 Å². The number of aryl methyl sites for hydroxylation is 1. The highest BCUT2D eigenvalue weighted by Gasteiger charge is 2.38. The molecular weight excluding hydrogens is 369 g/mol. The normalized spacial score (nSPS) is 17.1. The molecule has 1 amide bonds. The number of allylic oxidation sites excluding steroid dienone is 1. The molecule has 0 spiro atoms. The van der Waals surface area contributed by atoms with Crippen molar-refractivity contribution in [2.45, 2.75) is 52.7 Å². The molecule has 1 heterocycles. The minimum Gasteiger partial charge on any atom is -0.460 e. The standard InChI is InChI=1S/C24H26FNO3/c1-15(2)29-24(28)23-17(4)26(14-18-9-7-8-16(3)12-18)22(27)13-20(23)19-10-5-6-11-21(19)25/h5-12,15,20H,13-14H2,1-4H3/t20-/m0/s1. The van der Waals surface area contributed by atoms with Gasteiger partial charge in [-0.2, -0.15) is 0 Å². The van der Waals surface area contributed by atoms with Gasteiger partial charge in [-0.15, -0.1) is 0 Å². The van der Waals surface area contributed by atoms with E-state index in [4.69, 9.17) is 4.74 Å². The van der Waals surface area contributed by atoms with Crippen LogP contribution >= 0.6 is 0 Å². The molecule has 0 saturated heterocycles. The first-order chi connectivity index (χ1) is 13.8. The zero-order valence-corrected chi connectivity index (χ0v) is 17.2. The van der Waals surface area contributed by atoms with E-state index in [2.05, 4.69) is 0 Å². The summed E-state index contributed by atoms with van der Waals surface area (Å²) in [6.07, 6.45) is -0.293. The molecule has 5 heteroatoms. The Morgan fingerprint density at radius 1 is 1.17 bits per heavy atom. The number of benzene rings is 2. The van der Waals surface area contributed by atoms with E-state index in [-0.39, 0.29) is 18.4 Å². The molecule has 0 aromatic heterocycles. The number of esters is 1. The maximum absolute atomic E-state index is 14.5. The van der Waals surface area contributed by atoms with Crippen LogP contribution in [0, 0.1) is 12.7 Å². The third kappa shape index (κ3) is 4.56. The number of hydrogen-bond acceptors (Lipinski definition) is 3. The van der Waals surface area contributed by atoms with E-state index in [1.54, 1.807) is 43.9 Å². The van der Waals surface area contributed by atoms with Gasteiger partial charge in [-0.1, -0.05) is 48.0 Å². The third-order valence-corrected chi connectivity index (χ3v) is 5.09. The number of carbonyl (C=O) groups excluding carboxylic acids is 2. The average Bonchev–Trinajstić information content (AvgIpc) is 2.64. The van der Waals surface area contributed by atoms with Gasteiger partial charge in [0.25, 0.3) is 0 Å². The lowest BCUT2D eigenvalue weighted by molar-refractivity contribution is -0.143. The fourth-order valence-electron chi connectivity index (χ4n) is 3.76. The molecule has 2 aromatic rings. The lowest BCUT2D eigenvalue weighted by Crippen LogP contribution is -2.38. The molecular formula is C24H26FNO3. The van der Waals surface area contributed by atoms with Crippen molar-refractivity contribution in [3.8, 4) is 0 Å². The van der Waals surface area contributed by atoms with Crippen molar-refractivity contribution in [1.82, 2.24) is 4.90 Å². The predicted octanol–water partition coefficient (Wildman–Crippen LogP) is 4.88. The van der Waals surface area contributed by atoms with E-state index < -0.39 is 17.7 Å². The van der Waals surface area contributed by atoms with Crippen molar-refractivity contribution < 1.29 is 18.7 Å². The molecule has 3 rings (SSSR count). The maximum atomic E-state index is 14.5. The van der Waals surface area contributed by atoms with Gasteiger partial charge >= 0.3 is 5.97 Å². The molecule has 0 aliphatic carbocycles. The summed E-state index contributed by atoms with van der Waals surface area (Å²) in [5, 5.41) is 0. The van der Waals surface area contributed by atoms with Crippen molar-refractivity contribution in [2.24, 2.45) is 0 Å². The second-order valence-corrected chi connectivity index (χ2v) is 7.70. The lowest BCUT2D eigenvalue weighted by atomic mass is 9.83. The van der Waals surface area contributed by atoms with Gasteiger partial charge in [-0.25, -0.2) is 9.18 Å². The second-order valence-electron chi connectivity index (χ2n) is 7.70. The quantitative estimate of drug-likeness (QED) is 0.678. The van der Waals surface area contributed by atoms with Gasteiger partial charge in [0, 0.05) is 18.0 Å². The molecule has 29 heavy (non-hydrogen) atoms. The summed E-state index contributed by atoms with van der Waals surface area (Å²) >= 11 is 0. The highest BCUT2D eigenvalue weighted by molar-refractivity contribution is 5.96. The fraction of sp³-hybridized carbons (Fsp3) is 0.333. The van der Waals surface area contributed by atoms with Crippen molar-refractivity contribution >= 4 is 11.9 Å². The Hall–Kier alpha value is -2.95. The topological polar surface area (TPSA) is 46.6 Å². The summed E-state index contributed by atoms with van der Waals surface area (Å²) in [5.41, 5.74) is 3.26. The first-order valence-corrected chi connectivity index (χ1v) is 9.80. The Kier molecular flexibility index (Phi) is 6.16. The molecule has 1 aliphatic heterocycles. The summed E-state index contributed by atoms with van der Waals surface area (Å²) in [6.45, 7) is 7.62. The number of carbonyl (C=O) groups is 2. The highest BCUT2D eigenvalue weighted by atomic mass is 19.1. The molecule has 0 saturated carbocycles. The highest BCUT2D eigenvalue weighted by Crippen LogP contribution is 2.38. The van der Waals surface area contributed by atoms with Crippen LogP contribution in [0.4, 0.5) is 4.39 Å². The van der Waals surface area contributed by atoms with Crippen molar-refractivity contribution in [3.63, 3.8) is 0 Å². The van der Waals surface area contributed by atoms with Crippen LogP contribution in [-0.2, 0) is 20.9 Å². The van der Waals surface area contributed by atoms with Crippen molar-refractivity contribution in [2.75, 3.05) is 0 Å². The van der Waals surface area contributed by atoms with Crippen LogP contribution in [0.1, 0.15) is 49.8 Å². The molecule has 0 bridgehead atoms. The third-order valence-electron chi connectivity index (χ3n) is 5.09. The minimum atomic E-state index is -0.663. The number of rotatable bonds is 5. The first kappa shape index (κ1) is 20.8. The van der Waals surface area contributed by atoms with Gasteiger partial charge in [0.1, 0.15) is 5.82 Å². The molecule has 1 aliphatic rings. The van der Waals surface area contributed by atoms with Crippen LogP contribution in [-0.4, -0.2) is 22.9 Å². The summed E-state index contributed by atoms with van der Waals surface area (Å²) in [4.78, 5) is 27.5. The van der Waals surface area contributed by atoms with Crippen LogP contribution in [0.2, 0.25) is 0 Å². The molecule has 0 fully saturated rings. The van der Waals surface area contributed by atoms with E-state index >= 15 is 0 Å². The largest absolute Gasteiger partial charge is 0.460 e. The van der Waals surface area contributed by atoms with Gasteiger partial charge < -0.3 is 9.64 Å². The summed E-state index contributed by atoms with van der Waals surface area (Å²) in [6, 6.07) is 14.2. The van der Waals surface area contributed by atoms with Crippen LogP contribution < -0.4 is 0 Å². The molecule has 0 unspecified atom stereocenters. The van der Waals surface area contributed by atoms with Crippen LogP contribution in [0.15, 0.2) is 59.8 Å². The zero-order chi connectivity index (χ0) is 21.1. The molecule has 4 nitrogen and oxygen atoms in total. The second kappa shape index (κ2) is 8.60. The smallest absolute Gasteiger partial charge is 0.336 e. The minimum absolute atomic E-state index is 0.0205. The summed E-state index contributed by atoms with van der Waals surface area (Å²) < 4.78 is 20.0. The molecule has 152 valence electrons. The van der Waals surface area contributed by atoms with Crippen molar-refractivity contribution in [1.29, 1.82) is 0 Å². The molecule has 2 aromatic carbocycles. The van der Waals surface area contributed by atoms with Gasteiger partial charge in [0.15, 0.2) is 0 Å². The van der Waals surface area contributed by atoms with Crippen LogP contribution in [0.3, 0.4) is 0 Å². The van der Waals surface area contributed by atoms with Crippen molar-refractivity contribution in [3.05, 3.63) is 82.3 Å². The Balaban J connectivity index is 2.06. The van der Waals surface area contributed by atoms with Crippen LogP contribution in [0.5, 0.6) is 0 Å². The summed E-state index contributed by atoms with van der Waals surface area (Å²) in [7, 11) is 0. The maximum Gasteiger partial charge on any atom is 0.336 e. The molecule has 1 atom stereocenters. The molecule has 0 radical (unpaired) electrons.